The van der Waals surface area contributed by atoms with Crippen LogP contribution in [0.2, 0.25) is 5.02 Å². The van der Waals surface area contributed by atoms with Crippen molar-refractivity contribution in [1.82, 2.24) is 25.8 Å². The molecule has 6 rings (SSSR count). The summed E-state index contributed by atoms with van der Waals surface area (Å²) >= 11 is 6.13. The van der Waals surface area contributed by atoms with E-state index in [0.29, 0.717) is 44.0 Å². The first-order chi connectivity index (χ1) is 22.4. The van der Waals surface area contributed by atoms with Gasteiger partial charge in [0.1, 0.15) is 12.1 Å². The van der Waals surface area contributed by atoms with Crippen molar-refractivity contribution in [3.8, 4) is 0 Å². The van der Waals surface area contributed by atoms with Gasteiger partial charge in [-0.3, -0.25) is 24.6 Å². The smallest absolute Gasteiger partial charge is 0.245 e. The SMILES string of the molecule is O=C(Cc1ccccc1)NCC1(N2CCN(C(=O)[C@@H](Cc3ccc(Cl)cc3)NC(=O)C3NCc4ccccc43)CC2)CCCCC1. The molecule has 2 fully saturated rings. The topological polar surface area (TPSA) is 93.8 Å². The minimum atomic E-state index is -0.698. The number of piperazine rings is 1. The quantitative estimate of drug-likeness (QED) is 0.305. The third-order valence-electron chi connectivity index (χ3n) is 9.96. The van der Waals surface area contributed by atoms with Gasteiger partial charge in [0, 0.05) is 56.3 Å². The molecule has 242 valence electrons. The van der Waals surface area contributed by atoms with Crippen LogP contribution in [0.1, 0.15) is 60.4 Å². The summed E-state index contributed by atoms with van der Waals surface area (Å²) in [6, 6.07) is 24.0. The molecule has 46 heavy (non-hydrogen) atoms. The van der Waals surface area contributed by atoms with Crippen LogP contribution < -0.4 is 16.0 Å². The van der Waals surface area contributed by atoms with E-state index in [4.69, 9.17) is 11.6 Å². The molecule has 0 radical (unpaired) electrons. The largest absolute Gasteiger partial charge is 0.354 e. The lowest BCUT2D eigenvalue weighted by Gasteiger charge is -2.50. The van der Waals surface area contributed by atoms with Crippen molar-refractivity contribution in [3.63, 3.8) is 0 Å². The van der Waals surface area contributed by atoms with Crippen LogP contribution in [-0.2, 0) is 33.8 Å². The summed E-state index contributed by atoms with van der Waals surface area (Å²) in [7, 11) is 0. The second-order valence-corrected chi connectivity index (χ2v) is 13.4. The third-order valence-corrected chi connectivity index (χ3v) is 10.2. The molecule has 3 N–H and O–H groups in total. The number of benzene rings is 3. The van der Waals surface area contributed by atoms with Crippen molar-refractivity contribution in [2.45, 2.75) is 69.1 Å². The minimum absolute atomic E-state index is 0.0464. The molecule has 3 amide bonds. The first-order valence-electron chi connectivity index (χ1n) is 16.6. The van der Waals surface area contributed by atoms with Crippen LogP contribution in [0.4, 0.5) is 0 Å². The van der Waals surface area contributed by atoms with Crippen LogP contribution in [0.25, 0.3) is 0 Å². The number of halogens is 1. The average molecular weight is 642 g/mol. The van der Waals surface area contributed by atoms with Gasteiger partial charge >= 0.3 is 0 Å². The summed E-state index contributed by atoms with van der Waals surface area (Å²) < 4.78 is 0. The van der Waals surface area contributed by atoms with Crippen molar-refractivity contribution in [1.29, 1.82) is 0 Å². The monoisotopic (exact) mass is 641 g/mol. The van der Waals surface area contributed by atoms with Crippen molar-refractivity contribution in [2.24, 2.45) is 0 Å². The molecule has 1 aliphatic carbocycles. The molecular weight excluding hydrogens is 598 g/mol. The second-order valence-electron chi connectivity index (χ2n) is 12.9. The minimum Gasteiger partial charge on any atom is -0.354 e. The van der Waals surface area contributed by atoms with E-state index in [-0.39, 0.29) is 23.3 Å². The van der Waals surface area contributed by atoms with E-state index in [1.807, 2.05) is 83.8 Å². The summed E-state index contributed by atoms with van der Waals surface area (Å²) in [5.74, 6) is -0.212. The summed E-state index contributed by atoms with van der Waals surface area (Å²) in [4.78, 5) is 45.0. The Morgan fingerprint density at radius 3 is 2.28 bits per heavy atom. The molecule has 3 aromatic carbocycles. The number of hydrogen-bond acceptors (Lipinski definition) is 5. The highest BCUT2D eigenvalue weighted by atomic mass is 35.5. The molecule has 8 nitrogen and oxygen atoms in total. The number of rotatable bonds is 10. The van der Waals surface area contributed by atoms with Gasteiger partial charge in [0.05, 0.1) is 6.42 Å². The molecule has 1 unspecified atom stereocenters. The van der Waals surface area contributed by atoms with Crippen LogP contribution in [0.5, 0.6) is 0 Å². The lowest BCUT2D eigenvalue weighted by atomic mass is 9.79. The molecule has 3 aromatic rings. The van der Waals surface area contributed by atoms with Gasteiger partial charge in [-0.05, 0) is 47.2 Å². The molecule has 2 heterocycles. The maximum atomic E-state index is 14.1. The molecular formula is C37H44ClN5O3. The Labute approximate surface area is 276 Å². The lowest BCUT2D eigenvalue weighted by Crippen LogP contribution is -2.63. The van der Waals surface area contributed by atoms with E-state index < -0.39 is 12.1 Å². The fourth-order valence-electron chi connectivity index (χ4n) is 7.39. The fourth-order valence-corrected chi connectivity index (χ4v) is 7.51. The van der Waals surface area contributed by atoms with Crippen molar-refractivity contribution < 1.29 is 14.4 Å². The average Bonchev–Trinajstić information content (AvgIpc) is 3.53. The van der Waals surface area contributed by atoms with E-state index in [0.717, 1.165) is 61.0 Å². The predicted molar refractivity (Wildman–Crippen MR) is 180 cm³/mol. The number of nitrogens with one attached hydrogen (secondary N) is 3. The van der Waals surface area contributed by atoms with Gasteiger partial charge in [-0.1, -0.05) is 97.6 Å². The second kappa shape index (κ2) is 14.8. The molecule has 2 aliphatic heterocycles. The number of amides is 3. The van der Waals surface area contributed by atoms with Crippen LogP contribution >= 0.6 is 11.6 Å². The van der Waals surface area contributed by atoms with E-state index >= 15 is 0 Å². The Kier molecular flexibility index (Phi) is 10.4. The molecule has 1 saturated heterocycles. The van der Waals surface area contributed by atoms with Gasteiger partial charge in [-0.15, -0.1) is 0 Å². The van der Waals surface area contributed by atoms with Crippen molar-refractivity contribution in [2.75, 3.05) is 32.7 Å². The van der Waals surface area contributed by atoms with E-state index in [1.165, 1.54) is 6.42 Å². The van der Waals surface area contributed by atoms with Gasteiger partial charge in [0.25, 0.3) is 0 Å². The van der Waals surface area contributed by atoms with Crippen LogP contribution in [0, 0.1) is 0 Å². The Hall–Kier alpha value is -3.72. The van der Waals surface area contributed by atoms with E-state index in [2.05, 4.69) is 20.9 Å². The predicted octanol–water partition coefficient (Wildman–Crippen LogP) is 4.42. The van der Waals surface area contributed by atoms with Gasteiger partial charge in [0.2, 0.25) is 17.7 Å². The van der Waals surface area contributed by atoms with Crippen LogP contribution in [-0.4, -0.2) is 71.8 Å². The summed E-state index contributed by atoms with van der Waals surface area (Å²) in [5.41, 5.74) is 3.91. The molecule has 1 saturated carbocycles. The maximum Gasteiger partial charge on any atom is 0.245 e. The van der Waals surface area contributed by atoms with Crippen molar-refractivity contribution in [3.05, 3.63) is 106 Å². The normalized spacial score (nSPS) is 20.0. The zero-order chi connectivity index (χ0) is 31.9. The Balaban J connectivity index is 1.11. The number of fused-ring (bicyclic) bond motifs is 1. The maximum absolute atomic E-state index is 14.1. The zero-order valence-corrected chi connectivity index (χ0v) is 27.1. The fraction of sp³-hybridized carbons (Fsp3) is 0.432. The highest BCUT2D eigenvalue weighted by Gasteiger charge is 2.41. The lowest BCUT2D eigenvalue weighted by molar-refractivity contribution is -0.139. The summed E-state index contributed by atoms with van der Waals surface area (Å²) in [6.07, 6.45) is 6.33. The molecule has 2 atom stereocenters. The van der Waals surface area contributed by atoms with Crippen molar-refractivity contribution >= 4 is 29.3 Å². The molecule has 0 bridgehead atoms. The van der Waals surface area contributed by atoms with Gasteiger partial charge < -0.3 is 15.5 Å². The number of carbonyl (C=O) groups excluding carboxylic acids is 3. The van der Waals surface area contributed by atoms with E-state index in [9.17, 15) is 14.4 Å². The zero-order valence-electron chi connectivity index (χ0n) is 26.3. The first kappa shape index (κ1) is 32.2. The Morgan fingerprint density at radius 1 is 0.848 bits per heavy atom. The Morgan fingerprint density at radius 2 is 1.54 bits per heavy atom. The third kappa shape index (κ3) is 7.63. The highest BCUT2D eigenvalue weighted by Crippen LogP contribution is 2.34. The van der Waals surface area contributed by atoms with Crippen LogP contribution in [0.3, 0.4) is 0 Å². The highest BCUT2D eigenvalue weighted by molar-refractivity contribution is 6.30. The summed E-state index contributed by atoms with van der Waals surface area (Å²) in [6.45, 7) is 3.88. The Bertz CT molecular complexity index is 1500. The molecule has 3 aliphatic rings. The number of nitrogens with zero attached hydrogens (tertiary/aromatic N) is 2. The first-order valence-corrected chi connectivity index (χ1v) is 17.0. The molecule has 9 heteroatoms. The standard InChI is InChI=1S/C37H44ClN5O3/c38-30-15-13-28(14-16-30)23-32(41-35(45)34-31-12-6-5-11-29(31)25-39-34)36(46)42-19-21-43(22-20-42)37(17-7-2-8-18-37)26-40-33(44)24-27-9-3-1-4-10-27/h1,3-6,9-16,32,34,39H,2,7-8,17-26H2,(H,40,44)(H,41,45)/t32-,34?/m1/s1. The van der Waals surface area contributed by atoms with Gasteiger partial charge in [-0.25, -0.2) is 0 Å². The molecule has 0 aromatic heterocycles. The van der Waals surface area contributed by atoms with Crippen LogP contribution in [0.15, 0.2) is 78.9 Å². The number of carbonyl (C=O) groups is 3. The molecule has 0 spiro atoms. The van der Waals surface area contributed by atoms with Gasteiger partial charge in [-0.2, -0.15) is 0 Å². The van der Waals surface area contributed by atoms with Gasteiger partial charge in [0.15, 0.2) is 0 Å². The van der Waals surface area contributed by atoms with E-state index in [1.54, 1.807) is 0 Å². The summed E-state index contributed by atoms with van der Waals surface area (Å²) in [5, 5.41) is 10.3. The number of hydrogen-bond donors (Lipinski definition) is 3.